The quantitative estimate of drug-likeness (QED) is 0.105. The van der Waals surface area contributed by atoms with Gasteiger partial charge < -0.3 is 9.47 Å². The Kier molecular flexibility index (Phi) is 16.7. The minimum absolute atomic E-state index is 0.0530. The fourth-order valence-corrected chi connectivity index (χ4v) is 4.64. The van der Waals surface area contributed by atoms with E-state index in [0.717, 1.165) is 69.8 Å². The third kappa shape index (κ3) is 15.6. The number of unbranched alkanes of at least 4 members (excludes halogenated alkanes) is 11. The lowest BCUT2D eigenvalue weighted by molar-refractivity contribution is -0.343. The third-order valence-corrected chi connectivity index (χ3v) is 6.93. The highest BCUT2D eigenvalue weighted by Gasteiger charge is 2.71. The lowest BCUT2D eigenvalue weighted by Gasteiger charge is -2.29. The zero-order chi connectivity index (χ0) is 30.1. The van der Waals surface area contributed by atoms with Crippen LogP contribution in [-0.2, 0) is 16.1 Å². The monoisotopic (exact) mass is 586 g/mol. The molecule has 1 unspecified atom stereocenters. The molecule has 0 heterocycles. The Morgan fingerprint density at radius 3 is 1.52 bits per heavy atom. The second kappa shape index (κ2) is 18.2. The van der Waals surface area contributed by atoms with E-state index >= 15 is 0 Å². The van der Waals surface area contributed by atoms with Gasteiger partial charge in [-0.25, -0.2) is 4.39 Å². The molecule has 0 bridgehead atoms. The van der Waals surface area contributed by atoms with E-state index in [9.17, 15) is 30.7 Å². The van der Waals surface area contributed by atoms with Crippen molar-refractivity contribution in [1.29, 1.82) is 0 Å². The normalized spacial score (nSPS) is 14.1. The van der Waals surface area contributed by atoms with Crippen LogP contribution in [0.15, 0.2) is 30.3 Å². The van der Waals surface area contributed by atoms with Gasteiger partial charge in [0.2, 0.25) is 0 Å². The lowest BCUT2D eigenvalue weighted by atomic mass is 9.89. The SMILES string of the molecule is CC(C)(C)CC(COCCCCCCCCCCCCCCC(F)(C(F)(F)F)C(F)(F)F)OCc1ccccc1. The first-order valence-electron chi connectivity index (χ1n) is 14.7. The van der Waals surface area contributed by atoms with E-state index in [-0.39, 0.29) is 17.9 Å². The zero-order valence-electron chi connectivity index (χ0n) is 24.4. The molecule has 0 amide bonds. The predicted octanol–water partition coefficient (Wildman–Crippen LogP) is 10.9. The molecule has 0 aliphatic carbocycles. The van der Waals surface area contributed by atoms with Gasteiger partial charge in [-0.3, -0.25) is 0 Å². The number of alkyl halides is 7. The van der Waals surface area contributed by atoms with Crippen LogP contribution in [0.4, 0.5) is 30.7 Å². The standard InChI is InChI=1S/C31H49F7O2/c1-28(2,3)23-27(40-24-26-19-15-14-16-20-26)25-39-22-18-13-11-9-7-5-4-6-8-10-12-17-21-29(32,30(33,34)35)31(36,37)38/h14-16,19-20,27H,4-13,17-18,21-25H2,1-3H3. The van der Waals surface area contributed by atoms with Crippen LogP contribution in [0.25, 0.3) is 0 Å². The molecule has 1 atom stereocenters. The average Bonchev–Trinajstić information content (AvgIpc) is 2.85. The summed E-state index contributed by atoms with van der Waals surface area (Å²) in [6.45, 7) is 8.48. The molecule has 0 aliphatic rings. The molecule has 0 saturated heterocycles. The van der Waals surface area contributed by atoms with E-state index in [1.165, 1.54) is 0 Å². The Balaban J connectivity index is 2.02. The summed E-state index contributed by atoms with van der Waals surface area (Å²) in [4.78, 5) is 0. The maximum Gasteiger partial charge on any atom is 0.431 e. The van der Waals surface area contributed by atoms with Gasteiger partial charge in [-0.2, -0.15) is 26.3 Å². The van der Waals surface area contributed by atoms with E-state index in [1.54, 1.807) is 0 Å². The first kappa shape index (κ1) is 36.7. The van der Waals surface area contributed by atoms with Crippen molar-refractivity contribution in [3.8, 4) is 0 Å². The summed E-state index contributed by atoms with van der Waals surface area (Å²) in [6.07, 6.45) is -3.11. The zero-order valence-corrected chi connectivity index (χ0v) is 24.4. The highest BCUT2D eigenvalue weighted by atomic mass is 19.4. The van der Waals surface area contributed by atoms with E-state index in [4.69, 9.17) is 9.47 Å². The second-order valence-corrected chi connectivity index (χ2v) is 12.0. The number of rotatable bonds is 21. The summed E-state index contributed by atoms with van der Waals surface area (Å²) in [5.41, 5.74) is -3.81. The van der Waals surface area contributed by atoms with Crippen LogP contribution >= 0.6 is 0 Å². The molecule has 0 N–H and O–H groups in total. The van der Waals surface area contributed by atoms with Crippen LogP contribution in [0.2, 0.25) is 0 Å². The number of halogens is 7. The summed E-state index contributed by atoms with van der Waals surface area (Å²) in [5, 5.41) is 0. The largest absolute Gasteiger partial charge is 0.431 e. The average molecular weight is 587 g/mol. The van der Waals surface area contributed by atoms with Crippen molar-refractivity contribution in [1.82, 2.24) is 0 Å². The molecule has 0 aliphatic heterocycles. The molecule has 0 saturated carbocycles. The maximum absolute atomic E-state index is 13.6. The van der Waals surface area contributed by atoms with Gasteiger partial charge in [0.05, 0.1) is 19.3 Å². The molecule has 40 heavy (non-hydrogen) atoms. The van der Waals surface area contributed by atoms with Crippen molar-refractivity contribution >= 4 is 0 Å². The molecule has 0 radical (unpaired) electrons. The Morgan fingerprint density at radius 2 is 1.07 bits per heavy atom. The van der Waals surface area contributed by atoms with E-state index < -0.39 is 30.9 Å². The van der Waals surface area contributed by atoms with Crippen molar-refractivity contribution in [3.63, 3.8) is 0 Å². The molecule has 1 rings (SSSR count). The minimum Gasteiger partial charge on any atom is -0.379 e. The molecular weight excluding hydrogens is 537 g/mol. The first-order valence-corrected chi connectivity index (χ1v) is 14.7. The van der Waals surface area contributed by atoms with Crippen molar-refractivity contribution in [2.24, 2.45) is 5.41 Å². The molecule has 0 fully saturated rings. The van der Waals surface area contributed by atoms with Gasteiger partial charge in [0.15, 0.2) is 0 Å². The van der Waals surface area contributed by atoms with Crippen molar-refractivity contribution in [2.75, 3.05) is 13.2 Å². The van der Waals surface area contributed by atoms with Gasteiger partial charge in [-0.05, 0) is 36.7 Å². The molecular formula is C31H49F7O2. The fourth-order valence-electron chi connectivity index (χ4n) is 4.64. The Bertz CT molecular complexity index is 744. The van der Waals surface area contributed by atoms with Gasteiger partial charge >= 0.3 is 12.4 Å². The maximum atomic E-state index is 13.6. The van der Waals surface area contributed by atoms with E-state index in [2.05, 4.69) is 32.9 Å². The molecule has 2 nitrogen and oxygen atoms in total. The van der Waals surface area contributed by atoms with Crippen LogP contribution < -0.4 is 0 Å². The van der Waals surface area contributed by atoms with Crippen LogP contribution in [0.1, 0.15) is 116 Å². The van der Waals surface area contributed by atoms with Gasteiger partial charge in [0.1, 0.15) is 0 Å². The van der Waals surface area contributed by atoms with Crippen LogP contribution in [-0.4, -0.2) is 37.3 Å². The fraction of sp³-hybridized carbons (Fsp3) is 0.806. The van der Waals surface area contributed by atoms with Crippen LogP contribution in [0, 0.1) is 5.41 Å². The van der Waals surface area contributed by atoms with Gasteiger partial charge in [0.25, 0.3) is 5.67 Å². The molecule has 9 heteroatoms. The van der Waals surface area contributed by atoms with Crippen molar-refractivity contribution in [2.45, 2.75) is 141 Å². The smallest absolute Gasteiger partial charge is 0.379 e. The highest BCUT2D eigenvalue weighted by Crippen LogP contribution is 2.49. The molecule has 1 aromatic rings. The summed E-state index contributed by atoms with van der Waals surface area (Å²) in [7, 11) is 0. The summed E-state index contributed by atoms with van der Waals surface area (Å²) < 4.78 is 101. The van der Waals surface area contributed by atoms with E-state index in [1.807, 2.05) is 18.2 Å². The molecule has 0 aromatic heterocycles. The Hall–Kier alpha value is -1.35. The Labute approximate surface area is 236 Å². The number of ether oxygens (including phenoxy) is 2. The van der Waals surface area contributed by atoms with Gasteiger partial charge in [-0.1, -0.05) is 115 Å². The van der Waals surface area contributed by atoms with Crippen LogP contribution in [0.3, 0.4) is 0 Å². The van der Waals surface area contributed by atoms with Gasteiger partial charge in [-0.15, -0.1) is 0 Å². The second-order valence-electron chi connectivity index (χ2n) is 12.0. The minimum atomic E-state index is -5.94. The predicted molar refractivity (Wildman–Crippen MR) is 146 cm³/mol. The third-order valence-electron chi connectivity index (χ3n) is 6.93. The number of hydrogen-bond donors (Lipinski definition) is 0. The summed E-state index contributed by atoms with van der Waals surface area (Å²) in [5.74, 6) is 0. The lowest BCUT2D eigenvalue weighted by Crippen LogP contribution is -2.53. The summed E-state index contributed by atoms with van der Waals surface area (Å²) in [6, 6.07) is 10.1. The van der Waals surface area contributed by atoms with Gasteiger partial charge in [0, 0.05) is 6.61 Å². The molecule has 234 valence electrons. The number of benzene rings is 1. The van der Waals surface area contributed by atoms with E-state index in [0.29, 0.717) is 26.2 Å². The summed E-state index contributed by atoms with van der Waals surface area (Å²) >= 11 is 0. The number of hydrogen-bond acceptors (Lipinski definition) is 2. The highest BCUT2D eigenvalue weighted by molar-refractivity contribution is 5.13. The molecule has 1 aromatic carbocycles. The van der Waals surface area contributed by atoms with Crippen molar-refractivity contribution < 1.29 is 40.2 Å². The van der Waals surface area contributed by atoms with Crippen LogP contribution in [0.5, 0.6) is 0 Å². The topological polar surface area (TPSA) is 18.5 Å². The first-order chi connectivity index (χ1) is 18.7. The Morgan fingerprint density at radius 1 is 0.625 bits per heavy atom. The van der Waals surface area contributed by atoms with Crippen molar-refractivity contribution in [3.05, 3.63) is 35.9 Å². The molecule has 0 spiro atoms.